The van der Waals surface area contributed by atoms with Gasteiger partial charge in [0.1, 0.15) is 0 Å². The first-order valence-electron chi connectivity index (χ1n) is 6.75. The number of halogens is 1. The van der Waals surface area contributed by atoms with Crippen LogP contribution in [0.2, 0.25) is 0 Å². The van der Waals surface area contributed by atoms with E-state index in [2.05, 4.69) is 9.88 Å². The molecule has 0 amide bonds. The Kier molecular flexibility index (Phi) is 7.26. The van der Waals surface area contributed by atoms with E-state index in [9.17, 15) is 4.79 Å². The van der Waals surface area contributed by atoms with E-state index in [4.69, 9.17) is 10.5 Å². The lowest BCUT2D eigenvalue weighted by Crippen LogP contribution is -2.33. The predicted molar refractivity (Wildman–Crippen MR) is 83.0 cm³/mol. The molecule has 0 spiro atoms. The number of hydrogen-bond acceptors (Lipinski definition) is 6. The number of likely N-dealkylation sites (tertiary alicyclic amines) is 1. The van der Waals surface area contributed by atoms with E-state index in [-0.39, 0.29) is 18.4 Å². The number of piperidine rings is 1. The van der Waals surface area contributed by atoms with Gasteiger partial charge in [0.25, 0.3) is 0 Å². The molecule has 0 saturated carbocycles. The van der Waals surface area contributed by atoms with Crippen LogP contribution in [0.1, 0.15) is 31.1 Å². The third-order valence-corrected chi connectivity index (χ3v) is 4.23. The van der Waals surface area contributed by atoms with E-state index >= 15 is 0 Å². The highest BCUT2D eigenvalue weighted by molar-refractivity contribution is 7.15. The Morgan fingerprint density at radius 1 is 1.55 bits per heavy atom. The molecule has 0 unspecified atom stereocenters. The van der Waals surface area contributed by atoms with E-state index in [1.165, 1.54) is 4.88 Å². The molecule has 5 nitrogen and oxygen atoms in total. The molecule has 2 heterocycles. The van der Waals surface area contributed by atoms with Gasteiger partial charge in [-0.25, -0.2) is 4.98 Å². The van der Waals surface area contributed by atoms with Gasteiger partial charge in [0, 0.05) is 24.0 Å². The zero-order chi connectivity index (χ0) is 13.7. The number of anilines is 1. The summed E-state index contributed by atoms with van der Waals surface area (Å²) >= 11 is 1.55. The lowest BCUT2D eigenvalue weighted by atomic mass is 9.93. The first-order chi connectivity index (χ1) is 9.17. The highest BCUT2D eigenvalue weighted by Crippen LogP contribution is 2.24. The molecule has 1 aromatic rings. The van der Waals surface area contributed by atoms with Crippen LogP contribution in [0.5, 0.6) is 0 Å². The third-order valence-electron chi connectivity index (χ3n) is 3.42. The molecule has 0 bridgehead atoms. The Labute approximate surface area is 129 Å². The normalized spacial score (nSPS) is 16.6. The SMILES string of the molecule is CCOC(=O)CC1CCN(Cc2cnc(N)s2)CC1.Cl. The Hall–Kier alpha value is -0.850. The molecule has 1 saturated heterocycles. The average Bonchev–Trinajstić information content (AvgIpc) is 2.78. The van der Waals surface area contributed by atoms with Crippen molar-refractivity contribution in [2.24, 2.45) is 5.92 Å². The Balaban J connectivity index is 0.00000200. The molecule has 0 aliphatic carbocycles. The van der Waals surface area contributed by atoms with E-state index in [1.54, 1.807) is 11.3 Å². The highest BCUT2D eigenvalue weighted by Gasteiger charge is 2.22. The minimum absolute atomic E-state index is 0. The Morgan fingerprint density at radius 2 is 2.25 bits per heavy atom. The summed E-state index contributed by atoms with van der Waals surface area (Å²) < 4.78 is 5.00. The zero-order valence-corrected chi connectivity index (χ0v) is 13.3. The van der Waals surface area contributed by atoms with Crippen molar-refractivity contribution in [3.05, 3.63) is 11.1 Å². The number of nitrogens with two attached hydrogens (primary N) is 1. The number of thiazole rings is 1. The summed E-state index contributed by atoms with van der Waals surface area (Å²) in [6.45, 7) is 5.30. The lowest BCUT2D eigenvalue weighted by molar-refractivity contribution is -0.144. The van der Waals surface area contributed by atoms with Gasteiger partial charge >= 0.3 is 5.97 Å². The largest absolute Gasteiger partial charge is 0.466 e. The second-order valence-electron chi connectivity index (χ2n) is 4.89. The van der Waals surface area contributed by atoms with Crippen molar-refractivity contribution < 1.29 is 9.53 Å². The molecule has 1 aliphatic rings. The second-order valence-corrected chi connectivity index (χ2v) is 6.04. The number of esters is 1. The molecule has 114 valence electrons. The van der Waals surface area contributed by atoms with Crippen molar-refractivity contribution in [3.8, 4) is 0 Å². The molecule has 1 aromatic heterocycles. The quantitative estimate of drug-likeness (QED) is 0.843. The van der Waals surface area contributed by atoms with Crippen LogP contribution < -0.4 is 5.73 Å². The third kappa shape index (κ3) is 5.26. The van der Waals surface area contributed by atoms with Crippen molar-refractivity contribution in [2.45, 2.75) is 32.7 Å². The summed E-state index contributed by atoms with van der Waals surface area (Å²) in [5.74, 6) is 0.415. The van der Waals surface area contributed by atoms with E-state index in [0.29, 0.717) is 24.1 Å². The standard InChI is InChI=1S/C13H21N3O2S.ClH/c1-2-18-12(17)7-10-3-5-16(6-4-10)9-11-8-15-13(14)19-11;/h8,10H,2-7,9H2,1H3,(H2,14,15);1H. The molecule has 1 aliphatic heterocycles. The molecular formula is C13H22ClN3O2S. The fourth-order valence-electron chi connectivity index (χ4n) is 2.42. The second kappa shape index (κ2) is 8.44. The van der Waals surface area contributed by atoms with Crippen LogP contribution >= 0.6 is 23.7 Å². The molecule has 0 aromatic carbocycles. The molecule has 7 heteroatoms. The molecular weight excluding hydrogens is 298 g/mol. The zero-order valence-electron chi connectivity index (χ0n) is 11.7. The van der Waals surface area contributed by atoms with Crippen molar-refractivity contribution in [1.82, 2.24) is 9.88 Å². The van der Waals surface area contributed by atoms with Crippen molar-refractivity contribution in [2.75, 3.05) is 25.4 Å². The maximum atomic E-state index is 11.4. The van der Waals surface area contributed by atoms with E-state index in [0.717, 1.165) is 32.5 Å². The first-order valence-corrected chi connectivity index (χ1v) is 7.57. The minimum atomic E-state index is -0.0591. The van der Waals surface area contributed by atoms with Gasteiger partial charge in [0.05, 0.1) is 6.61 Å². The Bertz CT molecular complexity index is 420. The van der Waals surface area contributed by atoms with Crippen LogP contribution in [0.25, 0.3) is 0 Å². The summed E-state index contributed by atoms with van der Waals surface area (Å²) in [5.41, 5.74) is 5.63. The van der Waals surface area contributed by atoms with Gasteiger partial charge in [0.15, 0.2) is 5.13 Å². The maximum Gasteiger partial charge on any atom is 0.306 e. The molecule has 2 N–H and O–H groups in total. The fraction of sp³-hybridized carbons (Fsp3) is 0.692. The number of ether oxygens (including phenoxy) is 1. The molecule has 1 fully saturated rings. The van der Waals surface area contributed by atoms with E-state index < -0.39 is 0 Å². The first kappa shape index (κ1) is 17.2. The number of rotatable bonds is 5. The van der Waals surface area contributed by atoms with Gasteiger partial charge in [0.2, 0.25) is 0 Å². The molecule has 0 radical (unpaired) electrons. The average molecular weight is 320 g/mol. The van der Waals surface area contributed by atoms with Crippen LogP contribution in [0.4, 0.5) is 5.13 Å². The maximum absolute atomic E-state index is 11.4. The van der Waals surface area contributed by atoms with Crippen LogP contribution in [0.3, 0.4) is 0 Å². The fourth-order valence-corrected chi connectivity index (χ4v) is 3.15. The molecule has 0 atom stereocenters. The number of nitrogen functional groups attached to an aromatic ring is 1. The minimum Gasteiger partial charge on any atom is -0.466 e. The van der Waals surface area contributed by atoms with Crippen molar-refractivity contribution >= 4 is 34.8 Å². The summed E-state index contributed by atoms with van der Waals surface area (Å²) in [5, 5.41) is 0.632. The predicted octanol–water partition coefficient (Wildman–Crippen LogP) is 2.31. The Morgan fingerprint density at radius 3 is 2.80 bits per heavy atom. The van der Waals surface area contributed by atoms with Crippen LogP contribution in [0, 0.1) is 5.92 Å². The van der Waals surface area contributed by atoms with E-state index in [1.807, 2.05) is 13.1 Å². The lowest BCUT2D eigenvalue weighted by Gasteiger charge is -2.31. The van der Waals surface area contributed by atoms with Crippen LogP contribution in [0.15, 0.2) is 6.20 Å². The van der Waals surface area contributed by atoms with Crippen LogP contribution in [-0.4, -0.2) is 35.5 Å². The van der Waals surface area contributed by atoms with Gasteiger partial charge in [-0.05, 0) is 38.8 Å². The van der Waals surface area contributed by atoms with Gasteiger partial charge in [-0.3, -0.25) is 9.69 Å². The van der Waals surface area contributed by atoms with Crippen LogP contribution in [-0.2, 0) is 16.1 Å². The summed E-state index contributed by atoms with van der Waals surface area (Å²) in [6.07, 6.45) is 4.54. The topological polar surface area (TPSA) is 68.5 Å². The summed E-state index contributed by atoms with van der Waals surface area (Å²) in [6, 6.07) is 0. The highest BCUT2D eigenvalue weighted by atomic mass is 35.5. The summed E-state index contributed by atoms with van der Waals surface area (Å²) in [7, 11) is 0. The van der Waals surface area contributed by atoms with Gasteiger partial charge in [-0.15, -0.1) is 23.7 Å². The van der Waals surface area contributed by atoms with Crippen molar-refractivity contribution in [3.63, 3.8) is 0 Å². The smallest absolute Gasteiger partial charge is 0.306 e. The van der Waals surface area contributed by atoms with Crippen molar-refractivity contribution in [1.29, 1.82) is 0 Å². The van der Waals surface area contributed by atoms with Gasteiger partial charge in [-0.1, -0.05) is 0 Å². The monoisotopic (exact) mass is 319 g/mol. The number of carbonyl (C=O) groups excluding carboxylic acids is 1. The number of carbonyl (C=O) groups is 1. The number of aromatic nitrogens is 1. The van der Waals surface area contributed by atoms with Gasteiger partial charge < -0.3 is 10.5 Å². The van der Waals surface area contributed by atoms with Gasteiger partial charge in [-0.2, -0.15) is 0 Å². The number of hydrogen-bond donors (Lipinski definition) is 1. The summed E-state index contributed by atoms with van der Waals surface area (Å²) in [4.78, 5) is 19.1. The number of nitrogens with zero attached hydrogens (tertiary/aromatic N) is 2. The molecule has 2 rings (SSSR count). The molecule has 20 heavy (non-hydrogen) atoms.